The van der Waals surface area contributed by atoms with Crippen LogP contribution >= 0.6 is 0 Å². The van der Waals surface area contributed by atoms with Gasteiger partial charge in [0.1, 0.15) is 27.9 Å². The molecule has 0 bridgehead atoms. The third-order valence-corrected chi connectivity index (χ3v) is 8.57. The van der Waals surface area contributed by atoms with E-state index in [4.69, 9.17) is 8.83 Å². The number of hydrogen-bond acceptors (Lipinski definition) is 3. The first-order valence-corrected chi connectivity index (χ1v) is 14.2. The normalized spacial score (nSPS) is 12.3. The second-order valence-corrected chi connectivity index (χ2v) is 11.5. The zero-order chi connectivity index (χ0) is 28.3. The van der Waals surface area contributed by atoms with Crippen LogP contribution in [0.25, 0.3) is 77.3 Å². The molecule has 0 fully saturated rings. The van der Waals surface area contributed by atoms with E-state index in [0.29, 0.717) is 0 Å². The minimum Gasteiger partial charge on any atom is -0.508 e. The molecule has 42 heavy (non-hydrogen) atoms. The first kappa shape index (κ1) is 23.3. The molecule has 0 amide bonds. The van der Waals surface area contributed by atoms with Gasteiger partial charge in [0.25, 0.3) is 0 Å². The van der Waals surface area contributed by atoms with Gasteiger partial charge in [-0.25, -0.2) is 0 Å². The number of phenolic OH excluding ortho intramolecular Hbond substituents is 1. The van der Waals surface area contributed by atoms with Gasteiger partial charge in [0.2, 0.25) is 0 Å². The maximum Gasteiger partial charge on any atom is 0.161 e. The van der Waals surface area contributed by atoms with Crippen LogP contribution in [0.5, 0.6) is 5.75 Å². The number of furan rings is 2. The Bertz CT molecular complexity index is 2360. The van der Waals surface area contributed by atoms with E-state index in [0.717, 1.165) is 88.4 Å². The fraction of sp³-hybridized carbons (Fsp3) is 0.0811. The summed E-state index contributed by atoms with van der Waals surface area (Å²) < 4.78 is 17.8. The van der Waals surface area contributed by atoms with Gasteiger partial charge in [-0.1, -0.05) is 29.8 Å². The molecule has 5 aromatic carbocycles. The summed E-state index contributed by atoms with van der Waals surface area (Å²) in [5.74, 6) is 0.232. The highest BCUT2D eigenvalue weighted by Crippen LogP contribution is 2.45. The Morgan fingerprint density at radius 2 is 0.905 bits per heavy atom. The van der Waals surface area contributed by atoms with Crippen molar-refractivity contribution < 1.29 is 13.9 Å². The molecule has 5 heteroatoms. The van der Waals surface area contributed by atoms with Crippen LogP contribution in [-0.2, 0) is 0 Å². The number of hydrogen-bond donors (Lipinski definition) is 1. The van der Waals surface area contributed by atoms with Gasteiger partial charge >= 0.3 is 0 Å². The van der Waals surface area contributed by atoms with Crippen LogP contribution in [0, 0.1) is 20.8 Å². The van der Waals surface area contributed by atoms with E-state index in [-0.39, 0.29) is 5.75 Å². The second kappa shape index (κ2) is 8.08. The number of benzene rings is 5. The summed E-state index contributed by atoms with van der Waals surface area (Å²) in [6.45, 7) is 6.28. The van der Waals surface area contributed by atoms with Crippen LogP contribution < -0.4 is 0 Å². The summed E-state index contributed by atoms with van der Waals surface area (Å²) in [6, 6.07) is 33.2. The van der Waals surface area contributed by atoms with Crippen molar-refractivity contribution in [3.05, 3.63) is 114 Å². The lowest BCUT2D eigenvalue weighted by molar-refractivity contribution is 0.475. The lowest BCUT2D eigenvalue weighted by atomic mass is 10.1. The fourth-order valence-electron chi connectivity index (χ4n) is 6.57. The van der Waals surface area contributed by atoms with Crippen molar-refractivity contribution in [2.24, 2.45) is 0 Å². The van der Waals surface area contributed by atoms with Crippen molar-refractivity contribution in [3.8, 4) is 17.1 Å². The van der Waals surface area contributed by atoms with Crippen molar-refractivity contribution in [1.82, 2.24) is 9.13 Å². The van der Waals surface area contributed by atoms with Gasteiger partial charge in [0.15, 0.2) is 11.2 Å². The number of nitrogens with zero attached hydrogens (tertiary/aromatic N) is 2. The maximum absolute atomic E-state index is 10.1. The third kappa shape index (κ3) is 3.08. The SMILES string of the molecule is Cc1ccc(-n2c3cc4c5oc6cc(C)ccc6c5n(-c5ccc(O)cc5)c4cc3c3oc4cc(C)ccc4c32)cc1. The molecule has 0 spiro atoms. The summed E-state index contributed by atoms with van der Waals surface area (Å²) in [5, 5.41) is 14.3. The molecule has 5 nitrogen and oxygen atoms in total. The highest BCUT2D eigenvalue weighted by Gasteiger charge is 2.25. The minimum absolute atomic E-state index is 0.232. The first-order chi connectivity index (χ1) is 20.4. The molecule has 9 rings (SSSR count). The monoisotopic (exact) mass is 546 g/mol. The largest absolute Gasteiger partial charge is 0.508 e. The molecule has 0 unspecified atom stereocenters. The summed E-state index contributed by atoms with van der Waals surface area (Å²) in [5.41, 5.74) is 13.2. The molecule has 4 heterocycles. The Balaban J connectivity index is 1.50. The van der Waals surface area contributed by atoms with Crippen molar-refractivity contribution >= 4 is 65.9 Å². The number of fused-ring (bicyclic) bond motifs is 10. The van der Waals surface area contributed by atoms with Crippen molar-refractivity contribution in [1.29, 1.82) is 0 Å². The number of aromatic hydroxyl groups is 1. The van der Waals surface area contributed by atoms with Crippen molar-refractivity contribution in [2.45, 2.75) is 20.8 Å². The third-order valence-electron chi connectivity index (χ3n) is 8.57. The molecule has 0 atom stereocenters. The second-order valence-electron chi connectivity index (χ2n) is 11.5. The molecule has 202 valence electrons. The topological polar surface area (TPSA) is 56.4 Å². The van der Waals surface area contributed by atoms with E-state index in [1.54, 1.807) is 12.1 Å². The van der Waals surface area contributed by atoms with Gasteiger partial charge in [0, 0.05) is 32.9 Å². The van der Waals surface area contributed by atoms with E-state index in [2.05, 4.69) is 103 Å². The fourth-order valence-corrected chi connectivity index (χ4v) is 6.57. The van der Waals surface area contributed by atoms with Gasteiger partial charge < -0.3 is 23.1 Å². The number of rotatable bonds is 2. The molecule has 0 aliphatic rings. The quantitative estimate of drug-likeness (QED) is 0.235. The van der Waals surface area contributed by atoms with Crippen LogP contribution in [0.2, 0.25) is 0 Å². The Morgan fingerprint density at radius 1 is 0.476 bits per heavy atom. The van der Waals surface area contributed by atoms with Gasteiger partial charge in [-0.3, -0.25) is 0 Å². The predicted octanol–water partition coefficient (Wildman–Crippen LogP) is 10.0. The maximum atomic E-state index is 10.1. The average Bonchev–Trinajstić information content (AvgIpc) is 3.69. The van der Waals surface area contributed by atoms with E-state index in [1.807, 2.05) is 12.1 Å². The standard InChI is InChI=1S/C37H26N2O3/c1-20-4-8-23(9-5-20)38-30-18-29-31(19-28(30)36-34(38)26-14-6-21(2)16-32(26)41-36)39(24-10-12-25(40)13-11-24)35-27-15-7-22(3)17-33(27)42-37(29)35/h4-19,40H,1-3H3. The molecule has 1 N–H and O–H groups in total. The molecule has 0 aliphatic carbocycles. The molecule has 9 aromatic rings. The summed E-state index contributed by atoms with van der Waals surface area (Å²) in [6.07, 6.45) is 0. The van der Waals surface area contributed by atoms with Gasteiger partial charge in [-0.05, 0) is 105 Å². The first-order valence-electron chi connectivity index (χ1n) is 14.2. The van der Waals surface area contributed by atoms with Crippen LogP contribution in [0.3, 0.4) is 0 Å². The van der Waals surface area contributed by atoms with Crippen LogP contribution in [0.15, 0.2) is 106 Å². The highest BCUT2D eigenvalue weighted by atomic mass is 16.3. The van der Waals surface area contributed by atoms with E-state index >= 15 is 0 Å². The zero-order valence-corrected chi connectivity index (χ0v) is 23.4. The molecule has 0 saturated carbocycles. The molecular weight excluding hydrogens is 520 g/mol. The number of phenols is 1. The van der Waals surface area contributed by atoms with E-state index in [9.17, 15) is 5.11 Å². The van der Waals surface area contributed by atoms with Gasteiger partial charge in [0.05, 0.1) is 11.0 Å². The molecule has 0 radical (unpaired) electrons. The lowest BCUT2D eigenvalue weighted by Gasteiger charge is -2.10. The zero-order valence-electron chi connectivity index (χ0n) is 23.4. The predicted molar refractivity (Wildman–Crippen MR) is 171 cm³/mol. The Kier molecular flexibility index (Phi) is 4.48. The van der Waals surface area contributed by atoms with Crippen LogP contribution in [-0.4, -0.2) is 14.2 Å². The van der Waals surface area contributed by atoms with Crippen molar-refractivity contribution in [3.63, 3.8) is 0 Å². The molecule has 0 aliphatic heterocycles. The van der Waals surface area contributed by atoms with Crippen LogP contribution in [0.4, 0.5) is 0 Å². The highest BCUT2D eigenvalue weighted by molar-refractivity contribution is 6.23. The van der Waals surface area contributed by atoms with E-state index < -0.39 is 0 Å². The Labute approximate surface area is 240 Å². The van der Waals surface area contributed by atoms with E-state index in [1.165, 1.54) is 5.56 Å². The van der Waals surface area contributed by atoms with Gasteiger partial charge in [-0.15, -0.1) is 0 Å². The van der Waals surface area contributed by atoms with Crippen LogP contribution in [0.1, 0.15) is 16.7 Å². The molecular formula is C37H26N2O3. The molecule has 4 aromatic heterocycles. The summed E-state index contributed by atoms with van der Waals surface area (Å²) in [7, 11) is 0. The molecule has 0 saturated heterocycles. The average molecular weight is 547 g/mol. The minimum atomic E-state index is 0.232. The Hall–Kier alpha value is -5.42. The van der Waals surface area contributed by atoms with Gasteiger partial charge in [-0.2, -0.15) is 0 Å². The lowest BCUT2D eigenvalue weighted by Crippen LogP contribution is -1.95. The number of aromatic nitrogens is 2. The smallest absolute Gasteiger partial charge is 0.161 e. The Morgan fingerprint density at radius 3 is 1.38 bits per heavy atom. The summed E-state index contributed by atoms with van der Waals surface area (Å²) in [4.78, 5) is 0. The van der Waals surface area contributed by atoms with Crippen molar-refractivity contribution in [2.75, 3.05) is 0 Å². The number of aryl methyl sites for hydroxylation is 3. The summed E-state index contributed by atoms with van der Waals surface area (Å²) >= 11 is 0.